The summed E-state index contributed by atoms with van der Waals surface area (Å²) in [7, 11) is 3.29. The van der Waals surface area contributed by atoms with Crippen molar-refractivity contribution in [1.29, 1.82) is 0 Å². The Bertz CT molecular complexity index is 1370. The van der Waals surface area contributed by atoms with E-state index in [1.54, 1.807) is 25.1 Å². The van der Waals surface area contributed by atoms with Crippen LogP contribution in [0.1, 0.15) is 16.7 Å². The fourth-order valence-electron chi connectivity index (χ4n) is 4.31. The summed E-state index contributed by atoms with van der Waals surface area (Å²) in [4.78, 5) is 26.9. The lowest BCUT2D eigenvalue weighted by Gasteiger charge is -2.18. The lowest BCUT2D eigenvalue weighted by Crippen LogP contribution is -2.36. The van der Waals surface area contributed by atoms with Crippen molar-refractivity contribution >= 4 is 45.1 Å². The number of anilines is 2. The molecule has 0 atom stereocenters. The number of hydrogen-bond donors (Lipinski definition) is 2. The number of hydrogen-bond acceptors (Lipinski definition) is 5. The van der Waals surface area contributed by atoms with Crippen LogP contribution < -0.4 is 15.4 Å². The summed E-state index contributed by atoms with van der Waals surface area (Å²) in [5, 5.41) is 7.75. The second-order valence-corrected chi connectivity index (χ2v) is 8.69. The van der Waals surface area contributed by atoms with Gasteiger partial charge in [-0.2, -0.15) is 0 Å². The van der Waals surface area contributed by atoms with Crippen LogP contribution in [0.15, 0.2) is 52.9 Å². The van der Waals surface area contributed by atoms with E-state index in [-0.39, 0.29) is 24.9 Å². The zero-order valence-corrected chi connectivity index (χ0v) is 20.1. The molecule has 7 heteroatoms. The van der Waals surface area contributed by atoms with Crippen LogP contribution in [0.2, 0.25) is 0 Å². The van der Waals surface area contributed by atoms with Crippen LogP contribution in [0.3, 0.4) is 0 Å². The molecule has 176 valence electrons. The van der Waals surface area contributed by atoms with Crippen molar-refractivity contribution in [2.75, 3.05) is 37.9 Å². The number of ether oxygens (including phenoxy) is 1. The average molecular weight is 460 g/mol. The number of likely N-dealkylation sites (N-methyl/N-ethyl adjacent to an activating group) is 1. The van der Waals surface area contributed by atoms with Gasteiger partial charge in [-0.25, -0.2) is 0 Å². The molecular formula is C27H29N3O4. The Morgan fingerprint density at radius 3 is 2.21 bits per heavy atom. The van der Waals surface area contributed by atoms with Crippen molar-refractivity contribution in [3.8, 4) is 5.75 Å². The van der Waals surface area contributed by atoms with Gasteiger partial charge in [0.2, 0.25) is 11.8 Å². The average Bonchev–Trinajstić information content (AvgIpc) is 3.12. The lowest BCUT2D eigenvalue weighted by molar-refractivity contribution is -0.119. The van der Waals surface area contributed by atoms with Crippen molar-refractivity contribution in [3.05, 3.63) is 65.2 Å². The first-order chi connectivity index (χ1) is 16.2. The number of benzene rings is 3. The molecule has 4 rings (SSSR count). The normalized spacial score (nSPS) is 11.2. The summed E-state index contributed by atoms with van der Waals surface area (Å²) >= 11 is 0. The molecule has 0 aliphatic rings. The van der Waals surface area contributed by atoms with Crippen LogP contribution >= 0.6 is 0 Å². The highest BCUT2D eigenvalue weighted by atomic mass is 16.5. The maximum absolute atomic E-state index is 12.7. The highest BCUT2D eigenvalue weighted by Gasteiger charge is 2.17. The van der Waals surface area contributed by atoms with Gasteiger partial charge >= 0.3 is 0 Å². The molecule has 3 aromatic carbocycles. The summed E-state index contributed by atoms with van der Waals surface area (Å²) in [6.45, 7) is 6.09. The van der Waals surface area contributed by atoms with Gasteiger partial charge in [0.15, 0.2) is 0 Å². The zero-order valence-electron chi connectivity index (χ0n) is 20.1. The van der Waals surface area contributed by atoms with Crippen LogP contribution in [0.25, 0.3) is 21.9 Å². The van der Waals surface area contributed by atoms with Crippen LogP contribution in [0, 0.1) is 20.8 Å². The number of furan rings is 1. The summed E-state index contributed by atoms with van der Waals surface area (Å²) in [6.07, 6.45) is 0. The number of fused-ring (bicyclic) bond motifs is 3. The molecule has 34 heavy (non-hydrogen) atoms. The van der Waals surface area contributed by atoms with E-state index in [2.05, 4.69) is 10.6 Å². The Morgan fingerprint density at radius 2 is 1.53 bits per heavy atom. The number of nitrogens with zero attached hydrogens (tertiary/aromatic N) is 1. The van der Waals surface area contributed by atoms with Gasteiger partial charge in [0.25, 0.3) is 0 Å². The topological polar surface area (TPSA) is 83.8 Å². The van der Waals surface area contributed by atoms with E-state index in [0.717, 1.165) is 38.7 Å². The quantitative estimate of drug-likeness (QED) is 0.405. The van der Waals surface area contributed by atoms with Gasteiger partial charge in [0.1, 0.15) is 16.9 Å². The van der Waals surface area contributed by atoms with Crippen molar-refractivity contribution in [2.45, 2.75) is 20.8 Å². The highest BCUT2D eigenvalue weighted by Crippen LogP contribution is 2.36. The minimum Gasteiger partial charge on any atom is -0.495 e. The maximum atomic E-state index is 12.7. The molecule has 0 fully saturated rings. The summed E-state index contributed by atoms with van der Waals surface area (Å²) in [5.41, 5.74) is 5.94. The van der Waals surface area contributed by atoms with Gasteiger partial charge in [-0.3, -0.25) is 14.5 Å². The predicted molar refractivity (Wildman–Crippen MR) is 136 cm³/mol. The Labute approximate surface area is 198 Å². The monoisotopic (exact) mass is 459 g/mol. The second-order valence-electron chi connectivity index (χ2n) is 8.69. The molecular weight excluding hydrogens is 430 g/mol. The molecule has 4 aromatic rings. The van der Waals surface area contributed by atoms with Gasteiger partial charge in [-0.15, -0.1) is 0 Å². The van der Waals surface area contributed by atoms with Gasteiger partial charge in [-0.1, -0.05) is 35.9 Å². The molecule has 0 spiro atoms. The molecule has 2 N–H and O–H groups in total. The standard InChI is InChI=1S/C27H29N3O4/c1-16-10-17(2)27(18(3)11-16)29-26(32)15-30(4)14-25(31)28-21-13-23-20(12-24(21)33-5)19-8-6-7-9-22(19)34-23/h6-13H,14-15H2,1-5H3,(H,28,31)(H,29,32). The maximum Gasteiger partial charge on any atom is 0.238 e. The number of amides is 2. The number of nitrogens with one attached hydrogen (secondary N) is 2. The fourth-order valence-corrected chi connectivity index (χ4v) is 4.31. The summed E-state index contributed by atoms with van der Waals surface area (Å²) in [6, 6.07) is 15.4. The molecule has 7 nitrogen and oxygen atoms in total. The van der Waals surface area contributed by atoms with E-state index in [1.165, 1.54) is 0 Å². The second kappa shape index (κ2) is 9.57. The van der Waals surface area contributed by atoms with Gasteiger partial charge in [-0.05, 0) is 51.1 Å². The third-order valence-corrected chi connectivity index (χ3v) is 5.74. The van der Waals surface area contributed by atoms with Crippen LogP contribution in [0.5, 0.6) is 5.75 Å². The number of carbonyl (C=O) groups excluding carboxylic acids is 2. The van der Waals surface area contributed by atoms with Crippen molar-refractivity contribution in [1.82, 2.24) is 4.90 Å². The number of carbonyl (C=O) groups is 2. The minimum atomic E-state index is -0.258. The van der Waals surface area contributed by atoms with E-state index in [4.69, 9.17) is 9.15 Å². The van der Waals surface area contributed by atoms with Crippen molar-refractivity contribution in [2.24, 2.45) is 0 Å². The molecule has 0 saturated heterocycles. The molecule has 0 radical (unpaired) electrons. The number of rotatable bonds is 7. The Morgan fingerprint density at radius 1 is 0.882 bits per heavy atom. The largest absolute Gasteiger partial charge is 0.495 e. The Hall–Kier alpha value is -3.84. The van der Waals surface area contributed by atoms with E-state index < -0.39 is 0 Å². The summed E-state index contributed by atoms with van der Waals surface area (Å²) in [5.74, 6) is 0.108. The first-order valence-corrected chi connectivity index (χ1v) is 11.1. The third kappa shape index (κ3) is 4.89. The molecule has 2 amide bonds. The summed E-state index contributed by atoms with van der Waals surface area (Å²) < 4.78 is 11.4. The predicted octanol–water partition coefficient (Wildman–Crippen LogP) is 5.03. The molecule has 0 bridgehead atoms. The number of methoxy groups -OCH3 is 1. The first kappa shape index (κ1) is 23.3. The van der Waals surface area contributed by atoms with Crippen LogP contribution in [0.4, 0.5) is 11.4 Å². The first-order valence-electron chi connectivity index (χ1n) is 11.1. The van der Waals surface area contributed by atoms with E-state index >= 15 is 0 Å². The number of aryl methyl sites for hydroxylation is 3. The lowest BCUT2D eigenvalue weighted by atomic mass is 10.1. The SMILES string of the molecule is COc1cc2c(cc1NC(=O)CN(C)CC(=O)Nc1c(C)cc(C)cc1C)oc1ccccc12. The molecule has 0 unspecified atom stereocenters. The molecule has 0 saturated carbocycles. The fraction of sp³-hybridized carbons (Fsp3) is 0.259. The van der Waals surface area contributed by atoms with Crippen LogP contribution in [-0.2, 0) is 9.59 Å². The molecule has 0 aliphatic heterocycles. The van der Waals surface area contributed by atoms with Crippen molar-refractivity contribution in [3.63, 3.8) is 0 Å². The van der Waals surface area contributed by atoms with E-state index in [9.17, 15) is 9.59 Å². The van der Waals surface area contributed by atoms with Crippen LogP contribution in [-0.4, -0.2) is 44.0 Å². The highest BCUT2D eigenvalue weighted by molar-refractivity contribution is 6.08. The smallest absolute Gasteiger partial charge is 0.238 e. The molecule has 1 heterocycles. The minimum absolute atomic E-state index is 0.0423. The molecule has 1 aromatic heterocycles. The number of para-hydroxylation sites is 1. The molecule has 0 aliphatic carbocycles. The Balaban J connectivity index is 1.42. The third-order valence-electron chi connectivity index (χ3n) is 5.74. The van der Waals surface area contributed by atoms with Crippen molar-refractivity contribution < 1.29 is 18.7 Å². The van der Waals surface area contributed by atoms with Gasteiger partial charge in [0, 0.05) is 22.5 Å². The van der Waals surface area contributed by atoms with E-state index in [0.29, 0.717) is 17.0 Å². The Kier molecular flexibility index (Phi) is 6.56. The van der Waals surface area contributed by atoms with Gasteiger partial charge in [0.05, 0.1) is 25.9 Å². The van der Waals surface area contributed by atoms with E-state index in [1.807, 2.05) is 63.2 Å². The zero-order chi connectivity index (χ0) is 24.4. The van der Waals surface area contributed by atoms with Gasteiger partial charge < -0.3 is 19.8 Å².